The summed E-state index contributed by atoms with van der Waals surface area (Å²) in [5.41, 5.74) is 8.13. The van der Waals surface area contributed by atoms with Gasteiger partial charge in [0.05, 0.1) is 0 Å². The molecule has 68 valence electrons. The van der Waals surface area contributed by atoms with Gasteiger partial charge in [-0.1, -0.05) is 22.0 Å². The van der Waals surface area contributed by atoms with Gasteiger partial charge < -0.3 is 5.73 Å². The Morgan fingerprint density at radius 3 is 2.92 bits per heavy atom. The quantitative estimate of drug-likeness (QED) is 0.460. The maximum atomic E-state index is 6.05. The number of fused-ring (bicyclic) bond motifs is 1. The van der Waals surface area contributed by atoms with Crippen LogP contribution in [-0.4, -0.2) is 0 Å². The van der Waals surface area contributed by atoms with Crippen molar-refractivity contribution < 1.29 is 0 Å². The molecule has 13 heavy (non-hydrogen) atoms. The lowest BCUT2D eigenvalue weighted by Crippen LogP contribution is -1.92. The summed E-state index contributed by atoms with van der Waals surface area (Å²) in [7, 11) is 0. The van der Waals surface area contributed by atoms with Gasteiger partial charge in [-0.3, -0.25) is 0 Å². The average Bonchev–Trinajstić information content (AvgIpc) is 2.49. The highest BCUT2D eigenvalue weighted by molar-refractivity contribution is 14.1. The lowest BCUT2D eigenvalue weighted by Gasteiger charge is -2.03. The first-order valence-electron chi connectivity index (χ1n) is 3.74. The van der Waals surface area contributed by atoms with Crippen LogP contribution in [0, 0.1) is 3.57 Å². The SMILES string of the molecule is Nc1c(CBr)ccc2scc(I)c12. The zero-order chi connectivity index (χ0) is 9.42. The second-order valence-electron chi connectivity index (χ2n) is 2.73. The predicted molar refractivity (Wildman–Crippen MR) is 71.6 cm³/mol. The molecule has 0 aliphatic rings. The van der Waals surface area contributed by atoms with Crippen molar-refractivity contribution in [2.75, 3.05) is 5.73 Å². The fraction of sp³-hybridized carbons (Fsp3) is 0.111. The number of alkyl halides is 1. The number of benzene rings is 1. The van der Waals surface area contributed by atoms with Gasteiger partial charge in [-0.25, -0.2) is 0 Å². The number of hydrogen-bond acceptors (Lipinski definition) is 2. The van der Waals surface area contributed by atoms with Crippen LogP contribution in [0.1, 0.15) is 5.56 Å². The monoisotopic (exact) mass is 367 g/mol. The van der Waals surface area contributed by atoms with E-state index >= 15 is 0 Å². The Morgan fingerprint density at radius 1 is 1.46 bits per heavy atom. The molecule has 2 N–H and O–H groups in total. The van der Waals surface area contributed by atoms with Gasteiger partial charge in [0.2, 0.25) is 0 Å². The molecule has 0 aliphatic carbocycles. The first-order valence-corrected chi connectivity index (χ1v) is 6.82. The molecule has 1 nitrogen and oxygen atoms in total. The Hall–Kier alpha value is 0.190. The molecule has 0 spiro atoms. The molecule has 0 saturated heterocycles. The van der Waals surface area contributed by atoms with Gasteiger partial charge >= 0.3 is 0 Å². The smallest absolute Gasteiger partial charge is 0.0454 e. The molecule has 4 heteroatoms. The Labute approximate surface area is 103 Å². The minimum atomic E-state index is 0.820. The van der Waals surface area contributed by atoms with Gasteiger partial charge in [0, 0.05) is 30.1 Å². The molecule has 0 fully saturated rings. The number of rotatable bonds is 1. The van der Waals surface area contributed by atoms with E-state index in [4.69, 9.17) is 5.73 Å². The molecular weight excluding hydrogens is 361 g/mol. The zero-order valence-electron chi connectivity index (χ0n) is 6.68. The van der Waals surface area contributed by atoms with E-state index in [2.05, 4.69) is 56.0 Å². The molecule has 0 unspecified atom stereocenters. The van der Waals surface area contributed by atoms with Crippen LogP contribution in [0.15, 0.2) is 17.5 Å². The topological polar surface area (TPSA) is 26.0 Å². The van der Waals surface area contributed by atoms with Crippen molar-refractivity contribution in [3.8, 4) is 0 Å². The Kier molecular flexibility index (Phi) is 2.80. The summed E-state index contributed by atoms with van der Waals surface area (Å²) in [6, 6.07) is 4.22. The third-order valence-electron chi connectivity index (χ3n) is 1.97. The predicted octanol–water partition coefficient (Wildman–Crippen LogP) is 3.98. The van der Waals surface area contributed by atoms with Gasteiger partial charge in [-0.05, 0) is 34.2 Å². The van der Waals surface area contributed by atoms with Crippen LogP contribution in [0.25, 0.3) is 10.1 Å². The van der Waals surface area contributed by atoms with Crippen LogP contribution in [0.2, 0.25) is 0 Å². The van der Waals surface area contributed by atoms with E-state index in [1.807, 2.05) is 0 Å². The lowest BCUT2D eigenvalue weighted by atomic mass is 10.1. The molecule has 0 saturated carbocycles. The van der Waals surface area contributed by atoms with Gasteiger partial charge in [-0.2, -0.15) is 0 Å². The number of hydrogen-bond donors (Lipinski definition) is 1. The van der Waals surface area contributed by atoms with Crippen LogP contribution in [0.3, 0.4) is 0 Å². The molecule has 0 aliphatic heterocycles. The highest BCUT2D eigenvalue weighted by atomic mass is 127. The van der Waals surface area contributed by atoms with Crippen molar-refractivity contribution in [3.63, 3.8) is 0 Å². The molecule has 0 bridgehead atoms. The van der Waals surface area contributed by atoms with Crippen molar-refractivity contribution >= 4 is 65.6 Å². The fourth-order valence-electron chi connectivity index (χ4n) is 1.28. The van der Waals surface area contributed by atoms with E-state index in [0.717, 1.165) is 11.0 Å². The van der Waals surface area contributed by atoms with Crippen molar-refractivity contribution in [3.05, 3.63) is 26.6 Å². The van der Waals surface area contributed by atoms with Crippen molar-refractivity contribution in [1.82, 2.24) is 0 Å². The summed E-state index contributed by atoms with van der Waals surface area (Å²) in [5.74, 6) is 0. The second-order valence-corrected chi connectivity index (χ2v) is 5.36. The maximum absolute atomic E-state index is 6.05. The van der Waals surface area contributed by atoms with Crippen molar-refractivity contribution in [2.24, 2.45) is 0 Å². The molecule has 0 radical (unpaired) electrons. The largest absolute Gasteiger partial charge is 0.398 e. The van der Waals surface area contributed by atoms with Gasteiger partial charge in [0.1, 0.15) is 0 Å². The molecule has 2 aromatic rings. The number of nitrogens with two attached hydrogens (primary N) is 1. The van der Waals surface area contributed by atoms with Crippen LogP contribution >= 0.6 is 49.9 Å². The van der Waals surface area contributed by atoms with E-state index < -0.39 is 0 Å². The number of anilines is 1. The molecular formula is C9H7BrINS. The minimum absolute atomic E-state index is 0.820. The zero-order valence-corrected chi connectivity index (χ0v) is 11.2. The average molecular weight is 368 g/mol. The summed E-state index contributed by atoms with van der Waals surface area (Å²) in [4.78, 5) is 0. The van der Waals surface area contributed by atoms with Gasteiger partial charge in [-0.15, -0.1) is 11.3 Å². The van der Waals surface area contributed by atoms with Crippen molar-refractivity contribution in [1.29, 1.82) is 0 Å². The van der Waals surface area contributed by atoms with E-state index in [-0.39, 0.29) is 0 Å². The highest BCUT2D eigenvalue weighted by Gasteiger charge is 2.07. The van der Waals surface area contributed by atoms with Crippen LogP contribution in [0.4, 0.5) is 5.69 Å². The first kappa shape index (κ1) is 9.73. The Balaban J connectivity index is 2.83. The number of thiophene rings is 1. The van der Waals surface area contributed by atoms with Crippen LogP contribution < -0.4 is 5.73 Å². The summed E-state index contributed by atoms with van der Waals surface area (Å²) in [5, 5.41) is 4.17. The Bertz CT molecular complexity index is 452. The Morgan fingerprint density at radius 2 is 2.23 bits per heavy atom. The summed E-state index contributed by atoms with van der Waals surface area (Å²) < 4.78 is 2.52. The number of halogens is 2. The van der Waals surface area contributed by atoms with Gasteiger partial charge in [0.25, 0.3) is 0 Å². The molecule has 0 amide bonds. The molecule has 2 rings (SSSR count). The molecule has 1 heterocycles. The molecule has 0 atom stereocenters. The third kappa shape index (κ3) is 1.59. The summed E-state index contributed by atoms with van der Waals surface area (Å²) >= 11 is 7.50. The first-order chi connectivity index (χ1) is 6.24. The van der Waals surface area contributed by atoms with E-state index in [9.17, 15) is 0 Å². The van der Waals surface area contributed by atoms with E-state index in [0.29, 0.717) is 0 Å². The number of nitrogen functional groups attached to an aromatic ring is 1. The van der Waals surface area contributed by atoms with Crippen LogP contribution in [0.5, 0.6) is 0 Å². The second kappa shape index (κ2) is 3.74. The standard InChI is InChI=1S/C9H7BrINS/c10-3-5-1-2-7-8(9(5)12)6(11)4-13-7/h1-2,4H,3,12H2. The maximum Gasteiger partial charge on any atom is 0.0454 e. The van der Waals surface area contributed by atoms with E-state index in [1.54, 1.807) is 11.3 Å². The van der Waals surface area contributed by atoms with Gasteiger partial charge in [0.15, 0.2) is 0 Å². The van der Waals surface area contributed by atoms with Crippen LogP contribution in [-0.2, 0) is 5.33 Å². The highest BCUT2D eigenvalue weighted by Crippen LogP contribution is 2.34. The normalized spacial score (nSPS) is 10.9. The third-order valence-corrected chi connectivity index (χ3v) is 4.79. The van der Waals surface area contributed by atoms with E-state index in [1.165, 1.54) is 19.2 Å². The minimum Gasteiger partial charge on any atom is -0.398 e. The molecule has 1 aromatic heterocycles. The summed E-state index contributed by atoms with van der Waals surface area (Å²) in [6.07, 6.45) is 0. The summed E-state index contributed by atoms with van der Waals surface area (Å²) in [6.45, 7) is 0. The lowest BCUT2D eigenvalue weighted by molar-refractivity contribution is 1.47. The molecule has 1 aromatic carbocycles. The fourth-order valence-corrected chi connectivity index (χ4v) is 3.75. The van der Waals surface area contributed by atoms with Crippen molar-refractivity contribution in [2.45, 2.75) is 5.33 Å².